The maximum atomic E-state index is 12.5. The van der Waals surface area contributed by atoms with Crippen molar-refractivity contribution in [3.8, 4) is 11.5 Å². The zero-order valence-corrected chi connectivity index (χ0v) is 16.1. The molecule has 0 fully saturated rings. The van der Waals surface area contributed by atoms with E-state index in [4.69, 9.17) is 9.47 Å². The molecule has 2 aromatic rings. The Morgan fingerprint density at radius 1 is 1.15 bits per heavy atom. The number of benzene rings is 1. The van der Waals surface area contributed by atoms with Crippen LogP contribution < -0.4 is 14.8 Å². The molecule has 0 saturated heterocycles. The van der Waals surface area contributed by atoms with Crippen LogP contribution >= 0.6 is 0 Å². The predicted molar refractivity (Wildman–Crippen MR) is 102 cm³/mol. The highest BCUT2D eigenvalue weighted by molar-refractivity contribution is 5.80. The van der Waals surface area contributed by atoms with E-state index in [-0.39, 0.29) is 18.0 Å². The molecule has 6 heteroatoms. The van der Waals surface area contributed by atoms with Crippen molar-refractivity contribution in [1.82, 2.24) is 15.1 Å². The third kappa shape index (κ3) is 5.25. The molecule has 26 heavy (non-hydrogen) atoms. The first kappa shape index (κ1) is 19.8. The fraction of sp³-hybridized carbons (Fsp3) is 0.500. The zero-order chi connectivity index (χ0) is 18.9. The topological polar surface area (TPSA) is 65.4 Å². The highest BCUT2D eigenvalue weighted by Gasteiger charge is 2.19. The fourth-order valence-corrected chi connectivity index (χ4v) is 2.50. The second-order valence-electron chi connectivity index (χ2n) is 6.30. The van der Waals surface area contributed by atoms with E-state index in [1.807, 2.05) is 32.0 Å². The first-order valence-electron chi connectivity index (χ1n) is 9.25. The van der Waals surface area contributed by atoms with E-state index >= 15 is 0 Å². The Morgan fingerprint density at radius 2 is 1.85 bits per heavy atom. The smallest absolute Gasteiger partial charge is 0.245 e. The second-order valence-corrected chi connectivity index (χ2v) is 6.30. The van der Waals surface area contributed by atoms with Crippen LogP contribution in [0.25, 0.3) is 0 Å². The molecule has 2 atom stereocenters. The van der Waals surface area contributed by atoms with Crippen LogP contribution in [-0.2, 0) is 4.79 Å². The number of hydrogen-bond acceptors (Lipinski definition) is 4. The van der Waals surface area contributed by atoms with Crippen molar-refractivity contribution in [1.29, 1.82) is 0 Å². The van der Waals surface area contributed by atoms with E-state index in [1.165, 1.54) is 0 Å². The monoisotopic (exact) mass is 359 g/mol. The van der Waals surface area contributed by atoms with Crippen molar-refractivity contribution in [2.45, 2.75) is 52.6 Å². The minimum Gasteiger partial charge on any atom is -0.490 e. The molecule has 0 aliphatic heterocycles. The molecule has 142 valence electrons. The average molecular weight is 359 g/mol. The van der Waals surface area contributed by atoms with Gasteiger partial charge in [-0.25, -0.2) is 0 Å². The van der Waals surface area contributed by atoms with Crippen LogP contribution in [0.5, 0.6) is 11.5 Å². The number of amides is 1. The zero-order valence-electron chi connectivity index (χ0n) is 16.1. The molecule has 1 aromatic carbocycles. The minimum atomic E-state index is -0.365. The van der Waals surface area contributed by atoms with Crippen LogP contribution in [0.4, 0.5) is 0 Å². The number of aromatic nitrogens is 2. The lowest BCUT2D eigenvalue weighted by molar-refractivity contribution is -0.124. The van der Waals surface area contributed by atoms with E-state index in [2.05, 4.69) is 24.3 Å². The first-order valence-corrected chi connectivity index (χ1v) is 9.25. The van der Waals surface area contributed by atoms with E-state index in [0.717, 1.165) is 29.9 Å². The third-order valence-electron chi connectivity index (χ3n) is 4.05. The summed E-state index contributed by atoms with van der Waals surface area (Å²) in [4.78, 5) is 12.5. The first-order chi connectivity index (χ1) is 12.6. The highest BCUT2D eigenvalue weighted by Crippen LogP contribution is 2.31. The maximum absolute atomic E-state index is 12.5. The molecule has 1 aromatic heterocycles. The summed E-state index contributed by atoms with van der Waals surface area (Å²) in [6, 6.07) is 7.12. The van der Waals surface area contributed by atoms with Crippen molar-refractivity contribution in [3.63, 3.8) is 0 Å². The van der Waals surface area contributed by atoms with Gasteiger partial charge in [0.15, 0.2) is 11.5 Å². The Morgan fingerprint density at radius 3 is 2.46 bits per heavy atom. The van der Waals surface area contributed by atoms with Gasteiger partial charge in [0, 0.05) is 12.4 Å². The van der Waals surface area contributed by atoms with Gasteiger partial charge in [-0.2, -0.15) is 5.10 Å². The van der Waals surface area contributed by atoms with Crippen LogP contribution in [0.15, 0.2) is 36.7 Å². The van der Waals surface area contributed by atoms with Crippen molar-refractivity contribution in [2.75, 3.05) is 13.2 Å². The number of ether oxygens (including phenoxy) is 2. The summed E-state index contributed by atoms with van der Waals surface area (Å²) in [6.07, 6.45) is 5.31. The number of rotatable bonds is 10. The largest absolute Gasteiger partial charge is 0.490 e. The number of carbonyl (C=O) groups excluding carboxylic acids is 1. The molecule has 0 bridgehead atoms. The van der Waals surface area contributed by atoms with E-state index in [9.17, 15) is 4.79 Å². The van der Waals surface area contributed by atoms with Gasteiger partial charge in [0.2, 0.25) is 5.91 Å². The molecule has 1 N–H and O–H groups in total. The van der Waals surface area contributed by atoms with Crippen molar-refractivity contribution in [2.24, 2.45) is 0 Å². The summed E-state index contributed by atoms with van der Waals surface area (Å²) in [5.41, 5.74) is 0.973. The van der Waals surface area contributed by atoms with Gasteiger partial charge in [-0.05, 0) is 50.5 Å². The molecule has 0 aliphatic rings. The lowest BCUT2D eigenvalue weighted by Crippen LogP contribution is -2.33. The standard InChI is InChI=1S/C20H29N3O3/c1-5-12-25-18-9-8-17(14-19(18)26-13-6-2)15(3)22-20(24)16(4)23-11-7-10-21-23/h7-11,14-16H,5-6,12-13H2,1-4H3,(H,22,24). The maximum Gasteiger partial charge on any atom is 0.245 e. The Hall–Kier alpha value is -2.50. The Bertz CT molecular complexity index is 686. The predicted octanol–water partition coefficient (Wildman–Crippen LogP) is 3.90. The van der Waals surface area contributed by atoms with Gasteiger partial charge in [-0.1, -0.05) is 19.9 Å². The average Bonchev–Trinajstić information content (AvgIpc) is 3.18. The van der Waals surface area contributed by atoms with Gasteiger partial charge in [0.05, 0.1) is 19.3 Å². The van der Waals surface area contributed by atoms with Crippen molar-refractivity contribution >= 4 is 5.91 Å². The second kappa shape index (κ2) is 9.85. The highest BCUT2D eigenvalue weighted by atomic mass is 16.5. The molecule has 0 spiro atoms. The Kier molecular flexibility index (Phi) is 7.51. The minimum absolute atomic E-state index is 0.0801. The lowest BCUT2D eigenvalue weighted by Gasteiger charge is -2.20. The fourth-order valence-electron chi connectivity index (χ4n) is 2.50. The van der Waals surface area contributed by atoms with Crippen LogP contribution in [0, 0.1) is 0 Å². The Labute approximate surface area is 155 Å². The molecular formula is C20H29N3O3. The normalized spacial score (nSPS) is 13.1. The lowest BCUT2D eigenvalue weighted by atomic mass is 10.1. The molecule has 1 amide bonds. The van der Waals surface area contributed by atoms with Gasteiger partial charge < -0.3 is 14.8 Å². The number of hydrogen-bond donors (Lipinski definition) is 1. The number of nitrogens with zero attached hydrogens (tertiary/aromatic N) is 2. The van der Waals surface area contributed by atoms with Crippen LogP contribution in [0.1, 0.15) is 58.2 Å². The summed E-state index contributed by atoms with van der Waals surface area (Å²) in [5, 5.41) is 7.16. The van der Waals surface area contributed by atoms with Gasteiger partial charge in [-0.3, -0.25) is 9.48 Å². The summed E-state index contributed by atoms with van der Waals surface area (Å²) in [7, 11) is 0. The quantitative estimate of drug-likeness (QED) is 0.699. The molecule has 0 aliphatic carbocycles. The van der Waals surface area contributed by atoms with Gasteiger partial charge in [0.1, 0.15) is 6.04 Å². The molecule has 2 unspecified atom stereocenters. The molecule has 0 radical (unpaired) electrons. The van der Waals surface area contributed by atoms with Crippen molar-refractivity contribution in [3.05, 3.63) is 42.2 Å². The summed E-state index contributed by atoms with van der Waals surface area (Å²) in [5.74, 6) is 1.38. The van der Waals surface area contributed by atoms with Gasteiger partial charge in [-0.15, -0.1) is 0 Å². The molecule has 0 saturated carbocycles. The van der Waals surface area contributed by atoms with Gasteiger partial charge in [0.25, 0.3) is 0 Å². The third-order valence-corrected chi connectivity index (χ3v) is 4.05. The molecule has 2 rings (SSSR count). The van der Waals surface area contributed by atoms with Crippen LogP contribution in [-0.4, -0.2) is 28.9 Å². The van der Waals surface area contributed by atoms with E-state index < -0.39 is 0 Å². The summed E-state index contributed by atoms with van der Waals surface area (Å²) in [6.45, 7) is 9.19. The van der Waals surface area contributed by atoms with Crippen LogP contribution in [0.3, 0.4) is 0 Å². The van der Waals surface area contributed by atoms with Crippen molar-refractivity contribution < 1.29 is 14.3 Å². The van der Waals surface area contributed by atoms with Gasteiger partial charge >= 0.3 is 0 Å². The van der Waals surface area contributed by atoms with E-state index in [1.54, 1.807) is 23.1 Å². The molecule has 1 heterocycles. The number of carbonyl (C=O) groups is 1. The molecule has 6 nitrogen and oxygen atoms in total. The molecular weight excluding hydrogens is 330 g/mol. The summed E-state index contributed by atoms with van der Waals surface area (Å²) < 4.78 is 13.2. The SMILES string of the molecule is CCCOc1ccc(C(C)NC(=O)C(C)n2cccn2)cc1OCCC. The van der Waals surface area contributed by atoms with Crippen LogP contribution in [0.2, 0.25) is 0 Å². The Balaban J connectivity index is 2.09. The number of nitrogens with one attached hydrogen (secondary N) is 1. The van der Waals surface area contributed by atoms with E-state index in [0.29, 0.717) is 13.2 Å². The summed E-state index contributed by atoms with van der Waals surface area (Å²) >= 11 is 0.